The van der Waals surface area contributed by atoms with E-state index in [1.165, 1.54) is 0 Å². The summed E-state index contributed by atoms with van der Waals surface area (Å²) in [4.78, 5) is 13.3. The van der Waals surface area contributed by atoms with Gasteiger partial charge < -0.3 is 11.5 Å². The Hall–Kier alpha value is -0.680. The first kappa shape index (κ1) is 12.3. The predicted octanol–water partition coefficient (Wildman–Crippen LogP) is -0.142. The molecule has 0 aromatic heterocycles. The molecular weight excluding hydrogens is 186 g/mol. The van der Waals surface area contributed by atoms with Crippen LogP contribution in [0.4, 0.5) is 0 Å². The van der Waals surface area contributed by atoms with E-state index in [4.69, 9.17) is 23.7 Å². The minimum Gasteiger partial charge on any atom is -0.392 e. The fraction of sp³-hybridized carbons (Fsp3) is 0.750. The van der Waals surface area contributed by atoms with E-state index in [9.17, 15) is 4.79 Å². The SMILES string of the molecule is CCC(C(N)=O)N(CC)CC(N)=S. The second-order valence-corrected chi connectivity index (χ2v) is 3.38. The first-order valence-corrected chi connectivity index (χ1v) is 4.75. The quantitative estimate of drug-likeness (QED) is 0.589. The Bertz CT molecular complexity index is 196. The molecule has 76 valence electrons. The van der Waals surface area contributed by atoms with E-state index in [1.54, 1.807) is 0 Å². The largest absolute Gasteiger partial charge is 0.392 e. The normalized spacial score (nSPS) is 12.8. The Morgan fingerprint density at radius 2 is 2.00 bits per heavy atom. The van der Waals surface area contributed by atoms with Crippen molar-refractivity contribution in [3.05, 3.63) is 0 Å². The molecule has 0 aliphatic rings. The maximum absolute atomic E-state index is 11.0. The number of likely N-dealkylation sites (N-methyl/N-ethyl adjacent to an activating group) is 1. The van der Waals surface area contributed by atoms with Crippen molar-refractivity contribution < 1.29 is 4.79 Å². The highest BCUT2D eigenvalue weighted by Crippen LogP contribution is 2.02. The van der Waals surface area contributed by atoms with Crippen LogP contribution >= 0.6 is 12.2 Å². The van der Waals surface area contributed by atoms with Crippen LogP contribution in [0.5, 0.6) is 0 Å². The molecule has 0 aliphatic heterocycles. The third-order valence-corrected chi connectivity index (χ3v) is 2.05. The summed E-state index contributed by atoms with van der Waals surface area (Å²) in [5.41, 5.74) is 10.6. The molecule has 4 nitrogen and oxygen atoms in total. The molecule has 0 bridgehead atoms. The van der Waals surface area contributed by atoms with Crippen molar-refractivity contribution in [3.63, 3.8) is 0 Å². The highest BCUT2D eigenvalue weighted by molar-refractivity contribution is 7.80. The Labute approximate surface area is 84.3 Å². The number of primary amides is 1. The summed E-state index contributed by atoms with van der Waals surface area (Å²) in [7, 11) is 0. The molecule has 13 heavy (non-hydrogen) atoms. The zero-order valence-electron chi connectivity index (χ0n) is 8.12. The van der Waals surface area contributed by atoms with Crippen LogP contribution in [0.3, 0.4) is 0 Å². The maximum Gasteiger partial charge on any atom is 0.234 e. The number of nitrogens with two attached hydrogens (primary N) is 2. The summed E-state index contributed by atoms with van der Waals surface area (Å²) in [5, 5.41) is 0. The van der Waals surface area contributed by atoms with Gasteiger partial charge in [0.2, 0.25) is 5.91 Å². The number of rotatable bonds is 6. The topological polar surface area (TPSA) is 72.4 Å². The molecule has 0 aromatic rings. The van der Waals surface area contributed by atoms with Gasteiger partial charge in [-0.1, -0.05) is 26.1 Å². The fourth-order valence-corrected chi connectivity index (χ4v) is 1.45. The minimum atomic E-state index is -0.319. The predicted molar refractivity (Wildman–Crippen MR) is 57.3 cm³/mol. The maximum atomic E-state index is 11.0. The number of hydrogen-bond acceptors (Lipinski definition) is 3. The molecule has 4 N–H and O–H groups in total. The lowest BCUT2D eigenvalue weighted by Crippen LogP contribution is -2.47. The van der Waals surface area contributed by atoms with E-state index in [0.717, 1.165) is 6.54 Å². The van der Waals surface area contributed by atoms with Crippen LogP contribution in [-0.4, -0.2) is 34.9 Å². The molecule has 0 aliphatic carbocycles. The van der Waals surface area contributed by atoms with Gasteiger partial charge in [-0.25, -0.2) is 0 Å². The van der Waals surface area contributed by atoms with E-state index in [-0.39, 0.29) is 11.9 Å². The van der Waals surface area contributed by atoms with Gasteiger partial charge in [-0.15, -0.1) is 0 Å². The zero-order chi connectivity index (χ0) is 10.4. The van der Waals surface area contributed by atoms with Gasteiger partial charge in [-0.2, -0.15) is 0 Å². The van der Waals surface area contributed by atoms with Gasteiger partial charge in [0.1, 0.15) is 0 Å². The molecule has 0 aromatic carbocycles. The highest BCUT2D eigenvalue weighted by Gasteiger charge is 2.20. The number of carbonyl (C=O) groups is 1. The van der Waals surface area contributed by atoms with Gasteiger partial charge in [0.15, 0.2) is 0 Å². The van der Waals surface area contributed by atoms with Gasteiger partial charge in [-0.3, -0.25) is 9.69 Å². The van der Waals surface area contributed by atoms with E-state index >= 15 is 0 Å². The van der Waals surface area contributed by atoms with Crippen LogP contribution in [0.25, 0.3) is 0 Å². The number of thiocarbonyl (C=S) groups is 1. The lowest BCUT2D eigenvalue weighted by atomic mass is 10.2. The highest BCUT2D eigenvalue weighted by atomic mass is 32.1. The summed E-state index contributed by atoms with van der Waals surface area (Å²) in [6.07, 6.45) is 0.686. The van der Waals surface area contributed by atoms with Crippen LogP contribution in [0.2, 0.25) is 0 Å². The van der Waals surface area contributed by atoms with Crippen LogP contribution in [0.15, 0.2) is 0 Å². The molecule has 5 heteroatoms. The zero-order valence-corrected chi connectivity index (χ0v) is 8.93. The molecule has 1 atom stereocenters. The van der Waals surface area contributed by atoms with E-state index in [2.05, 4.69) is 0 Å². The smallest absolute Gasteiger partial charge is 0.234 e. The summed E-state index contributed by atoms with van der Waals surface area (Å²) in [6.45, 7) is 5.04. The summed E-state index contributed by atoms with van der Waals surface area (Å²) < 4.78 is 0. The van der Waals surface area contributed by atoms with Crippen molar-refractivity contribution in [3.8, 4) is 0 Å². The van der Waals surface area contributed by atoms with Crippen LogP contribution in [-0.2, 0) is 4.79 Å². The second-order valence-electron chi connectivity index (χ2n) is 2.86. The van der Waals surface area contributed by atoms with Gasteiger partial charge >= 0.3 is 0 Å². The van der Waals surface area contributed by atoms with E-state index < -0.39 is 0 Å². The summed E-state index contributed by atoms with van der Waals surface area (Å²) >= 11 is 4.78. The Morgan fingerprint density at radius 1 is 1.46 bits per heavy atom. The molecule has 0 rings (SSSR count). The van der Waals surface area contributed by atoms with Gasteiger partial charge in [0.05, 0.1) is 11.0 Å². The standard InChI is InChI=1S/C8H17N3OS/c1-3-6(8(10)12)11(4-2)5-7(9)13/h6H,3-5H2,1-2H3,(H2,9,13)(H2,10,12). The third kappa shape index (κ3) is 4.19. The molecule has 0 fully saturated rings. The second kappa shape index (κ2) is 5.88. The van der Waals surface area contributed by atoms with Gasteiger partial charge in [0, 0.05) is 6.54 Å². The van der Waals surface area contributed by atoms with Crippen LogP contribution in [0.1, 0.15) is 20.3 Å². The monoisotopic (exact) mass is 203 g/mol. The average molecular weight is 203 g/mol. The van der Waals surface area contributed by atoms with Gasteiger partial charge in [0.25, 0.3) is 0 Å². The van der Waals surface area contributed by atoms with Crippen LogP contribution < -0.4 is 11.5 Å². The van der Waals surface area contributed by atoms with E-state index in [0.29, 0.717) is 18.0 Å². The molecule has 0 saturated heterocycles. The molecule has 1 amide bonds. The molecular formula is C8H17N3OS. The molecule has 1 unspecified atom stereocenters. The molecule has 0 saturated carbocycles. The van der Waals surface area contributed by atoms with Crippen molar-refractivity contribution >= 4 is 23.1 Å². The number of hydrogen-bond donors (Lipinski definition) is 2. The number of carbonyl (C=O) groups excluding carboxylic acids is 1. The Kier molecular flexibility index (Phi) is 5.57. The van der Waals surface area contributed by atoms with Crippen molar-refractivity contribution in [2.45, 2.75) is 26.3 Å². The summed E-state index contributed by atoms with van der Waals surface area (Å²) in [5.74, 6) is -0.319. The Morgan fingerprint density at radius 3 is 2.23 bits per heavy atom. The molecule has 0 heterocycles. The van der Waals surface area contributed by atoms with Crippen molar-refractivity contribution in [2.24, 2.45) is 11.5 Å². The lowest BCUT2D eigenvalue weighted by Gasteiger charge is -2.26. The van der Waals surface area contributed by atoms with E-state index in [1.807, 2.05) is 18.7 Å². The van der Waals surface area contributed by atoms with Crippen molar-refractivity contribution in [2.75, 3.05) is 13.1 Å². The fourth-order valence-electron chi connectivity index (χ4n) is 1.28. The molecule has 0 radical (unpaired) electrons. The summed E-state index contributed by atoms with van der Waals surface area (Å²) in [6, 6.07) is -0.258. The average Bonchev–Trinajstić information content (AvgIpc) is 2.02. The minimum absolute atomic E-state index is 0.258. The number of amides is 1. The number of nitrogens with zero attached hydrogens (tertiary/aromatic N) is 1. The Balaban J connectivity index is 4.33. The molecule has 0 spiro atoms. The first-order valence-electron chi connectivity index (χ1n) is 4.34. The van der Waals surface area contributed by atoms with Gasteiger partial charge in [-0.05, 0) is 13.0 Å². The van der Waals surface area contributed by atoms with Crippen LogP contribution in [0, 0.1) is 0 Å². The first-order chi connectivity index (χ1) is 6.02. The van der Waals surface area contributed by atoms with Crippen molar-refractivity contribution in [1.82, 2.24) is 4.90 Å². The third-order valence-electron chi connectivity index (χ3n) is 1.92. The lowest BCUT2D eigenvalue weighted by molar-refractivity contribution is -0.123. The van der Waals surface area contributed by atoms with Crippen molar-refractivity contribution in [1.29, 1.82) is 0 Å².